The van der Waals surface area contributed by atoms with Crippen LogP contribution in [0.4, 0.5) is 0 Å². The van der Waals surface area contributed by atoms with E-state index in [0.717, 1.165) is 17.8 Å². The molecule has 0 heterocycles. The summed E-state index contributed by atoms with van der Waals surface area (Å²) >= 11 is 0. The van der Waals surface area contributed by atoms with Crippen LogP contribution in [0.3, 0.4) is 0 Å². The Morgan fingerprint density at radius 2 is 1.92 bits per heavy atom. The van der Waals surface area contributed by atoms with Crippen LogP contribution < -0.4 is 18.9 Å². The summed E-state index contributed by atoms with van der Waals surface area (Å²) < 4.78 is 0. The Morgan fingerprint density at radius 1 is 1.25 bits per heavy atom. The van der Waals surface area contributed by atoms with Crippen molar-refractivity contribution in [1.82, 2.24) is 0 Å². The molecular formula is C11H17Li. The van der Waals surface area contributed by atoms with Crippen molar-refractivity contribution in [1.29, 1.82) is 0 Å². The number of allylic oxidation sites excluding steroid dienone is 2. The number of hydrogen-bond donors (Lipinski definition) is 0. The zero-order chi connectivity index (χ0) is 7.84. The fourth-order valence-corrected chi connectivity index (χ4v) is 2.87. The van der Waals surface area contributed by atoms with Crippen molar-refractivity contribution in [2.24, 2.45) is 17.8 Å². The molecular weight excluding hydrogens is 139 g/mol. The fraction of sp³-hybridized carbons (Fsp3) is 0.818. The Balaban J connectivity index is 0.000000720. The van der Waals surface area contributed by atoms with E-state index in [4.69, 9.17) is 0 Å². The van der Waals surface area contributed by atoms with Gasteiger partial charge in [0.2, 0.25) is 0 Å². The van der Waals surface area contributed by atoms with E-state index in [9.17, 15) is 0 Å². The third-order valence-corrected chi connectivity index (χ3v) is 3.47. The van der Waals surface area contributed by atoms with Gasteiger partial charge in [0.15, 0.2) is 0 Å². The van der Waals surface area contributed by atoms with E-state index in [0.29, 0.717) is 0 Å². The first-order valence-electron chi connectivity index (χ1n) is 4.89. The summed E-state index contributed by atoms with van der Waals surface area (Å²) in [4.78, 5) is 0. The van der Waals surface area contributed by atoms with Gasteiger partial charge in [-0.2, -0.15) is 5.92 Å². The molecule has 1 saturated carbocycles. The van der Waals surface area contributed by atoms with Gasteiger partial charge < -0.3 is 6.08 Å². The molecule has 2 rings (SSSR count). The van der Waals surface area contributed by atoms with E-state index < -0.39 is 0 Å². The van der Waals surface area contributed by atoms with Gasteiger partial charge in [0.25, 0.3) is 0 Å². The van der Waals surface area contributed by atoms with Crippen LogP contribution in [0.15, 0.2) is 5.57 Å². The zero-order valence-corrected chi connectivity index (χ0v) is 8.56. The van der Waals surface area contributed by atoms with Crippen LogP contribution in [0.25, 0.3) is 0 Å². The molecule has 3 atom stereocenters. The molecule has 0 radical (unpaired) electrons. The summed E-state index contributed by atoms with van der Waals surface area (Å²) in [6.07, 6.45) is 9.38. The van der Waals surface area contributed by atoms with Crippen LogP contribution in [0, 0.1) is 23.8 Å². The summed E-state index contributed by atoms with van der Waals surface area (Å²) in [7, 11) is 0. The summed E-state index contributed by atoms with van der Waals surface area (Å²) in [6, 6.07) is 0. The van der Waals surface area contributed by atoms with Crippen molar-refractivity contribution in [3.05, 3.63) is 11.6 Å². The topological polar surface area (TPSA) is 0 Å². The summed E-state index contributed by atoms with van der Waals surface area (Å²) in [5.41, 5.74) is 1.56. The SMILES string of the molecule is CC1=[C-]C(C)C2CCCCC12.[Li+]. The molecule has 0 aromatic carbocycles. The molecule has 0 nitrogen and oxygen atoms in total. The second kappa shape index (κ2) is 4.03. The van der Waals surface area contributed by atoms with E-state index >= 15 is 0 Å². The minimum absolute atomic E-state index is 0. The molecule has 0 aliphatic heterocycles. The molecule has 1 heteroatoms. The molecule has 12 heavy (non-hydrogen) atoms. The fourth-order valence-electron chi connectivity index (χ4n) is 2.87. The van der Waals surface area contributed by atoms with E-state index in [1.165, 1.54) is 25.7 Å². The van der Waals surface area contributed by atoms with Crippen LogP contribution in [-0.2, 0) is 0 Å². The standard InChI is InChI=1S/C11H17.Li/c1-8-7-9(2)11-6-4-3-5-10(8)11;/h8,10-11H,3-6H2,1-2H3;/q-1;+1. The molecule has 1 fully saturated rings. The van der Waals surface area contributed by atoms with Crippen molar-refractivity contribution in [2.75, 3.05) is 0 Å². The molecule has 62 valence electrons. The van der Waals surface area contributed by atoms with Gasteiger partial charge in [0.05, 0.1) is 0 Å². The summed E-state index contributed by atoms with van der Waals surface area (Å²) in [5, 5.41) is 0. The van der Waals surface area contributed by atoms with Crippen molar-refractivity contribution >= 4 is 0 Å². The Morgan fingerprint density at radius 3 is 2.58 bits per heavy atom. The van der Waals surface area contributed by atoms with Crippen LogP contribution in [0.1, 0.15) is 39.5 Å². The van der Waals surface area contributed by atoms with E-state index in [1.807, 2.05) is 0 Å². The van der Waals surface area contributed by atoms with Crippen LogP contribution in [-0.4, -0.2) is 0 Å². The molecule has 0 amide bonds. The second-order valence-electron chi connectivity index (χ2n) is 4.17. The zero-order valence-electron chi connectivity index (χ0n) is 8.56. The van der Waals surface area contributed by atoms with Crippen molar-refractivity contribution in [3.63, 3.8) is 0 Å². The second-order valence-corrected chi connectivity index (χ2v) is 4.17. The Kier molecular flexibility index (Phi) is 3.50. The maximum absolute atomic E-state index is 3.58. The molecule has 0 spiro atoms. The molecule has 0 aromatic heterocycles. The van der Waals surface area contributed by atoms with Gasteiger partial charge in [-0.25, -0.2) is 0 Å². The molecule has 2 aliphatic rings. The van der Waals surface area contributed by atoms with Crippen LogP contribution in [0.5, 0.6) is 0 Å². The van der Waals surface area contributed by atoms with Gasteiger partial charge >= 0.3 is 18.9 Å². The predicted molar refractivity (Wildman–Crippen MR) is 47.0 cm³/mol. The number of rotatable bonds is 0. The van der Waals surface area contributed by atoms with Gasteiger partial charge in [0.1, 0.15) is 0 Å². The molecule has 0 bridgehead atoms. The maximum atomic E-state index is 3.58. The molecule has 2 aliphatic carbocycles. The minimum atomic E-state index is 0. The van der Waals surface area contributed by atoms with Crippen molar-refractivity contribution < 1.29 is 18.9 Å². The average Bonchev–Trinajstić information content (AvgIpc) is 2.30. The normalized spacial score (nSPS) is 39.8. The van der Waals surface area contributed by atoms with Gasteiger partial charge in [0, 0.05) is 0 Å². The quantitative estimate of drug-likeness (QED) is 0.347. The van der Waals surface area contributed by atoms with Crippen molar-refractivity contribution in [2.45, 2.75) is 39.5 Å². The van der Waals surface area contributed by atoms with Gasteiger partial charge in [-0.1, -0.05) is 44.9 Å². The first-order valence-corrected chi connectivity index (χ1v) is 4.89. The van der Waals surface area contributed by atoms with Gasteiger partial charge in [-0.15, -0.1) is 0 Å². The summed E-state index contributed by atoms with van der Waals surface area (Å²) in [6.45, 7) is 4.60. The third kappa shape index (κ3) is 1.65. The van der Waals surface area contributed by atoms with Crippen LogP contribution in [0.2, 0.25) is 0 Å². The maximum Gasteiger partial charge on any atom is 1.00 e. The first-order chi connectivity index (χ1) is 5.29. The average molecular weight is 156 g/mol. The first kappa shape index (κ1) is 10.4. The monoisotopic (exact) mass is 156 g/mol. The molecule has 0 aromatic rings. The van der Waals surface area contributed by atoms with Crippen molar-refractivity contribution in [3.8, 4) is 0 Å². The molecule has 0 N–H and O–H groups in total. The minimum Gasteiger partial charge on any atom is -0.494 e. The van der Waals surface area contributed by atoms with Gasteiger partial charge in [-0.3, -0.25) is 5.57 Å². The third-order valence-electron chi connectivity index (χ3n) is 3.47. The largest absolute Gasteiger partial charge is 1.00 e. The molecule has 3 unspecified atom stereocenters. The Labute approximate surface area is 88.0 Å². The molecule has 0 saturated heterocycles. The van der Waals surface area contributed by atoms with Crippen LogP contribution >= 0.6 is 0 Å². The Bertz CT molecular complexity index is 183. The van der Waals surface area contributed by atoms with E-state index in [1.54, 1.807) is 5.57 Å². The Hall–Kier alpha value is 0.337. The van der Waals surface area contributed by atoms with E-state index in [2.05, 4.69) is 19.9 Å². The van der Waals surface area contributed by atoms with Gasteiger partial charge in [-0.05, 0) is 6.42 Å². The smallest absolute Gasteiger partial charge is 0.494 e. The number of fused-ring (bicyclic) bond motifs is 1. The summed E-state index contributed by atoms with van der Waals surface area (Å²) in [5.74, 6) is 2.63. The van der Waals surface area contributed by atoms with E-state index in [-0.39, 0.29) is 18.9 Å². The predicted octanol–water partition coefficient (Wildman–Crippen LogP) is 0.196. The number of hydrogen-bond acceptors (Lipinski definition) is 0.